The van der Waals surface area contributed by atoms with Gasteiger partial charge in [-0.05, 0) is 43.5 Å². The lowest BCUT2D eigenvalue weighted by Gasteiger charge is -2.36. The summed E-state index contributed by atoms with van der Waals surface area (Å²) in [6.07, 6.45) is 3.80. The highest BCUT2D eigenvalue weighted by Crippen LogP contribution is 2.32. The summed E-state index contributed by atoms with van der Waals surface area (Å²) >= 11 is 1.57. The van der Waals surface area contributed by atoms with Crippen LogP contribution in [0.2, 0.25) is 0 Å². The summed E-state index contributed by atoms with van der Waals surface area (Å²) < 4.78 is 14.1. The van der Waals surface area contributed by atoms with E-state index in [1.165, 1.54) is 6.07 Å². The largest absolute Gasteiger partial charge is 0.342 e. The molecule has 6 heteroatoms. The van der Waals surface area contributed by atoms with Crippen LogP contribution in [0.25, 0.3) is 0 Å². The van der Waals surface area contributed by atoms with E-state index in [-0.39, 0.29) is 23.7 Å². The van der Waals surface area contributed by atoms with E-state index in [2.05, 4.69) is 15.2 Å². The zero-order valence-electron chi connectivity index (χ0n) is 16.1. The number of carbonyl (C=O) groups is 1. The molecule has 1 aliphatic heterocycles. The number of aromatic nitrogens is 1. The van der Waals surface area contributed by atoms with Crippen molar-refractivity contribution < 1.29 is 9.18 Å². The van der Waals surface area contributed by atoms with E-state index in [4.69, 9.17) is 0 Å². The van der Waals surface area contributed by atoms with E-state index >= 15 is 0 Å². The first kappa shape index (κ1) is 19.7. The van der Waals surface area contributed by atoms with E-state index in [1.54, 1.807) is 23.6 Å². The second-order valence-electron chi connectivity index (χ2n) is 7.42. The van der Waals surface area contributed by atoms with Crippen molar-refractivity contribution >= 4 is 17.2 Å². The number of nitrogens with one attached hydrogen (secondary N) is 1. The van der Waals surface area contributed by atoms with Crippen LogP contribution >= 0.6 is 11.3 Å². The summed E-state index contributed by atoms with van der Waals surface area (Å²) in [5.41, 5.74) is 1.36. The standard InChI is InChI=1S/C23H24FN3OS/c24-20-11-5-4-9-18(20)15-27-13-6-10-19(16-27)21(23-25-12-14-29-23)26-22(28)17-7-2-1-3-8-17/h1-5,7-9,11-12,14,19,21H,6,10,13,15-16H2,(H,26,28)/t19-,21+/m1/s1. The number of halogens is 1. The third-order valence-electron chi connectivity index (χ3n) is 5.41. The Bertz CT molecular complexity index is 932. The van der Waals surface area contributed by atoms with Crippen LogP contribution in [0.3, 0.4) is 0 Å². The van der Waals surface area contributed by atoms with Crippen molar-refractivity contribution in [1.82, 2.24) is 15.2 Å². The molecule has 4 rings (SSSR count). The van der Waals surface area contributed by atoms with E-state index in [9.17, 15) is 9.18 Å². The third kappa shape index (κ3) is 4.89. The van der Waals surface area contributed by atoms with Gasteiger partial charge in [0.05, 0.1) is 6.04 Å². The molecule has 1 N–H and O–H groups in total. The van der Waals surface area contributed by atoms with Crippen LogP contribution in [-0.4, -0.2) is 28.9 Å². The van der Waals surface area contributed by atoms with E-state index < -0.39 is 0 Å². The molecular weight excluding hydrogens is 385 g/mol. The maximum absolute atomic E-state index is 14.1. The second kappa shape index (κ2) is 9.29. The number of likely N-dealkylation sites (tertiary alicyclic amines) is 1. The maximum Gasteiger partial charge on any atom is 0.251 e. The third-order valence-corrected chi connectivity index (χ3v) is 6.26. The van der Waals surface area contributed by atoms with Gasteiger partial charge in [0.1, 0.15) is 10.8 Å². The van der Waals surface area contributed by atoms with Crippen molar-refractivity contribution in [3.63, 3.8) is 0 Å². The van der Waals surface area contributed by atoms with Crippen LogP contribution in [0.1, 0.15) is 39.8 Å². The van der Waals surface area contributed by atoms with Gasteiger partial charge < -0.3 is 5.32 Å². The van der Waals surface area contributed by atoms with Crippen LogP contribution in [0.15, 0.2) is 66.2 Å². The SMILES string of the molecule is O=C(N[C@H](c1nccs1)[C@@H]1CCCN(Cc2ccccc2F)C1)c1ccccc1. The van der Waals surface area contributed by atoms with Crippen molar-refractivity contribution in [3.8, 4) is 0 Å². The Balaban J connectivity index is 1.50. The first-order valence-electron chi connectivity index (χ1n) is 9.92. The number of thiazole rings is 1. The molecule has 2 aromatic carbocycles. The molecule has 0 bridgehead atoms. The van der Waals surface area contributed by atoms with E-state index in [1.807, 2.05) is 47.8 Å². The summed E-state index contributed by atoms with van der Waals surface area (Å²) in [4.78, 5) is 19.6. The molecule has 1 saturated heterocycles. The molecule has 2 heterocycles. The summed E-state index contributed by atoms with van der Waals surface area (Å²) in [6.45, 7) is 2.32. The second-order valence-corrected chi connectivity index (χ2v) is 8.34. The number of benzene rings is 2. The lowest BCUT2D eigenvalue weighted by atomic mass is 9.90. The van der Waals surface area contributed by atoms with E-state index in [0.717, 1.165) is 30.9 Å². The molecule has 3 aromatic rings. The minimum absolute atomic E-state index is 0.0861. The van der Waals surface area contributed by atoms with Gasteiger partial charge in [-0.15, -0.1) is 11.3 Å². The van der Waals surface area contributed by atoms with Gasteiger partial charge in [-0.1, -0.05) is 36.4 Å². The zero-order chi connectivity index (χ0) is 20.1. The molecule has 1 amide bonds. The quantitative estimate of drug-likeness (QED) is 0.644. The van der Waals surface area contributed by atoms with Crippen molar-refractivity contribution in [2.24, 2.45) is 5.92 Å². The highest BCUT2D eigenvalue weighted by atomic mass is 32.1. The Morgan fingerprint density at radius 3 is 2.76 bits per heavy atom. The summed E-state index contributed by atoms with van der Waals surface area (Å²) in [5.74, 6) is -0.0187. The van der Waals surface area contributed by atoms with Crippen molar-refractivity contribution in [3.05, 3.63) is 88.1 Å². The normalized spacial score (nSPS) is 18.3. The van der Waals surface area contributed by atoms with Gasteiger partial charge in [0, 0.05) is 35.8 Å². The van der Waals surface area contributed by atoms with Gasteiger partial charge >= 0.3 is 0 Å². The molecule has 29 heavy (non-hydrogen) atoms. The molecule has 0 saturated carbocycles. The molecular formula is C23H24FN3OS. The highest BCUT2D eigenvalue weighted by molar-refractivity contribution is 7.09. The minimum atomic E-state index is -0.163. The highest BCUT2D eigenvalue weighted by Gasteiger charge is 2.31. The van der Waals surface area contributed by atoms with Crippen LogP contribution in [-0.2, 0) is 6.54 Å². The first-order valence-corrected chi connectivity index (χ1v) is 10.8. The predicted octanol–water partition coefficient (Wildman–Crippen LogP) is 4.67. The topological polar surface area (TPSA) is 45.2 Å². The predicted molar refractivity (Wildman–Crippen MR) is 113 cm³/mol. The molecule has 0 radical (unpaired) electrons. The molecule has 150 valence electrons. The van der Waals surface area contributed by atoms with Gasteiger partial charge in [0.2, 0.25) is 0 Å². The van der Waals surface area contributed by atoms with Crippen LogP contribution < -0.4 is 5.32 Å². The van der Waals surface area contributed by atoms with E-state index in [0.29, 0.717) is 17.7 Å². The summed E-state index contributed by atoms with van der Waals surface area (Å²) in [7, 11) is 0. The number of hydrogen-bond donors (Lipinski definition) is 1. The summed E-state index contributed by atoms with van der Waals surface area (Å²) in [5, 5.41) is 6.07. The van der Waals surface area contributed by atoms with Crippen molar-refractivity contribution in [1.29, 1.82) is 0 Å². The Hall–Kier alpha value is -2.57. The maximum atomic E-state index is 14.1. The van der Waals surface area contributed by atoms with Crippen LogP contribution in [0.5, 0.6) is 0 Å². The van der Waals surface area contributed by atoms with Crippen LogP contribution in [0.4, 0.5) is 4.39 Å². The smallest absolute Gasteiger partial charge is 0.251 e. The van der Waals surface area contributed by atoms with Gasteiger partial charge in [-0.25, -0.2) is 9.37 Å². The monoisotopic (exact) mass is 409 g/mol. The molecule has 2 atom stereocenters. The van der Waals surface area contributed by atoms with Gasteiger partial charge in [-0.3, -0.25) is 9.69 Å². The van der Waals surface area contributed by atoms with Crippen LogP contribution in [0, 0.1) is 11.7 Å². The average Bonchev–Trinajstić information content (AvgIpc) is 3.29. The Morgan fingerprint density at radius 2 is 2.00 bits per heavy atom. The fourth-order valence-corrected chi connectivity index (χ4v) is 4.74. The van der Waals surface area contributed by atoms with Gasteiger partial charge in [0.25, 0.3) is 5.91 Å². The molecule has 1 aromatic heterocycles. The zero-order valence-corrected chi connectivity index (χ0v) is 16.9. The fraction of sp³-hybridized carbons (Fsp3) is 0.304. The number of nitrogens with zero attached hydrogens (tertiary/aromatic N) is 2. The number of hydrogen-bond acceptors (Lipinski definition) is 4. The van der Waals surface area contributed by atoms with Gasteiger partial charge in [0.15, 0.2) is 0 Å². The molecule has 0 unspecified atom stereocenters. The lowest BCUT2D eigenvalue weighted by molar-refractivity contribution is 0.0877. The van der Waals surface area contributed by atoms with Crippen molar-refractivity contribution in [2.45, 2.75) is 25.4 Å². The summed E-state index contributed by atoms with van der Waals surface area (Å²) in [6, 6.07) is 16.1. The molecule has 1 aliphatic rings. The number of carbonyl (C=O) groups excluding carboxylic acids is 1. The average molecular weight is 410 g/mol. The van der Waals surface area contributed by atoms with Crippen molar-refractivity contribution in [2.75, 3.05) is 13.1 Å². The minimum Gasteiger partial charge on any atom is -0.342 e. The molecule has 1 fully saturated rings. The number of amides is 1. The fourth-order valence-electron chi connectivity index (χ4n) is 3.96. The first-order chi connectivity index (χ1) is 14.2. The Labute approximate surface area is 174 Å². The Kier molecular flexibility index (Phi) is 6.32. The number of rotatable bonds is 6. The lowest BCUT2D eigenvalue weighted by Crippen LogP contribution is -2.42. The molecule has 0 spiro atoms. The Morgan fingerprint density at radius 1 is 1.21 bits per heavy atom. The number of piperidine rings is 1. The molecule has 4 nitrogen and oxygen atoms in total. The van der Waals surface area contributed by atoms with Gasteiger partial charge in [-0.2, -0.15) is 0 Å². The molecule has 0 aliphatic carbocycles.